The van der Waals surface area contributed by atoms with Gasteiger partial charge in [0, 0.05) is 13.1 Å². The quantitative estimate of drug-likeness (QED) is 0.745. The van der Waals surface area contributed by atoms with Crippen LogP contribution in [0.5, 0.6) is 0 Å². The van der Waals surface area contributed by atoms with Crippen molar-refractivity contribution in [2.24, 2.45) is 0 Å². The van der Waals surface area contributed by atoms with E-state index in [0.717, 1.165) is 39.0 Å². The molecule has 0 saturated carbocycles. The van der Waals surface area contributed by atoms with Crippen LogP contribution in [-0.2, 0) is 9.47 Å². The van der Waals surface area contributed by atoms with Crippen LogP contribution in [0.1, 0.15) is 29.8 Å². The Morgan fingerprint density at radius 1 is 1.39 bits per heavy atom. The minimum absolute atomic E-state index is 0.0215. The molecule has 0 aliphatic carbocycles. The number of rotatable bonds is 6. The minimum atomic E-state index is -0.0215. The maximum atomic E-state index is 12.5. The van der Waals surface area contributed by atoms with Gasteiger partial charge in [0.1, 0.15) is 0 Å². The van der Waals surface area contributed by atoms with E-state index in [4.69, 9.17) is 13.9 Å². The molecule has 128 valence electrons. The van der Waals surface area contributed by atoms with Crippen molar-refractivity contribution in [3.63, 3.8) is 0 Å². The van der Waals surface area contributed by atoms with E-state index in [1.165, 1.54) is 0 Å². The van der Waals surface area contributed by atoms with Gasteiger partial charge in [-0.3, -0.25) is 4.79 Å². The first kappa shape index (κ1) is 16.5. The van der Waals surface area contributed by atoms with Crippen molar-refractivity contribution < 1.29 is 18.7 Å². The van der Waals surface area contributed by atoms with Crippen LogP contribution in [-0.4, -0.2) is 74.4 Å². The third-order valence-electron chi connectivity index (χ3n) is 4.62. The van der Waals surface area contributed by atoms with Crippen LogP contribution < -0.4 is 0 Å². The number of carbonyl (C=O) groups is 1. The lowest BCUT2D eigenvalue weighted by Gasteiger charge is -2.35. The highest BCUT2D eigenvalue weighted by Crippen LogP contribution is 2.32. The maximum absolute atomic E-state index is 12.5. The highest BCUT2D eigenvalue weighted by atomic mass is 16.5. The fourth-order valence-electron chi connectivity index (χ4n) is 3.38. The van der Waals surface area contributed by atoms with E-state index >= 15 is 0 Å². The molecule has 2 fully saturated rings. The summed E-state index contributed by atoms with van der Waals surface area (Å²) in [5.41, 5.74) is 0. The topological polar surface area (TPSA) is 55.2 Å². The van der Waals surface area contributed by atoms with Crippen molar-refractivity contribution in [1.82, 2.24) is 9.80 Å². The lowest BCUT2D eigenvalue weighted by molar-refractivity contribution is -0.0971. The van der Waals surface area contributed by atoms with E-state index in [0.29, 0.717) is 12.4 Å². The van der Waals surface area contributed by atoms with Crippen LogP contribution in [0.3, 0.4) is 0 Å². The summed E-state index contributed by atoms with van der Waals surface area (Å²) in [6.07, 6.45) is 4.62. The van der Waals surface area contributed by atoms with Crippen molar-refractivity contribution in [3.05, 3.63) is 24.2 Å². The van der Waals surface area contributed by atoms with E-state index in [9.17, 15) is 4.79 Å². The fraction of sp³-hybridized carbons (Fsp3) is 0.706. The summed E-state index contributed by atoms with van der Waals surface area (Å²) in [5, 5.41) is 0. The summed E-state index contributed by atoms with van der Waals surface area (Å²) >= 11 is 0. The third-order valence-corrected chi connectivity index (χ3v) is 4.62. The predicted octanol–water partition coefficient (Wildman–Crippen LogP) is 1.62. The summed E-state index contributed by atoms with van der Waals surface area (Å²) in [5.74, 6) is 0.395. The molecule has 0 aromatic carbocycles. The fourth-order valence-corrected chi connectivity index (χ4v) is 3.38. The van der Waals surface area contributed by atoms with Crippen molar-refractivity contribution >= 4 is 5.91 Å². The summed E-state index contributed by atoms with van der Waals surface area (Å²) in [4.78, 5) is 16.5. The third kappa shape index (κ3) is 3.94. The Bertz CT molecular complexity index is 503. The van der Waals surface area contributed by atoms with E-state index in [1.54, 1.807) is 18.4 Å². The second kappa shape index (κ2) is 7.47. The molecule has 2 aliphatic rings. The number of likely N-dealkylation sites (tertiary alicyclic amines) is 1. The number of likely N-dealkylation sites (N-methyl/N-ethyl adjacent to an activating group) is 1. The van der Waals surface area contributed by atoms with Gasteiger partial charge >= 0.3 is 0 Å². The zero-order valence-electron chi connectivity index (χ0n) is 13.9. The Kier molecular flexibility index (Phi) is 5.35. The number of furan rings is 1. The Morgan fingerprint density at radius 3 is 3.00 bits per heavy atom. The monoisotopic (exact) mass is 322 g/mol. The summed E-state index contributed by atoms with van der Waals surface area (Å²) in [7, 11) is 4.07. The molecule has 3 atom stereocenters. The highest BCUT2D eigenvalue weighted by molar-refractivity contribution is 5.91. The van der Waals surface area contributed by atoms with Crippen LogP contribution in [0.4, 0.5) is 0 Å². The maximum Gasteiger partial charge on any atom is 0.289 e. The lowest BCUT2D eigenvalue weighted by atomic mass is 9.99. The summed E-state index contributed by atoms with van der Waals surface area (Å²) < 4.78 is 17.1. The van der Waals surface area contributed by atoms with Crippen LogP contribution in [0.25, 0.3) is 0 Å². The lowest BCUT2D eigenvalue weighted by Crippen LogP contribution is -2.46. The Hall–Kier alpha value is -1.37. The number of hydrogen-bond donors (Lipinski definition) is 0. The average molecular weight is 322 g/mol. The van der Waals surface area contributed by atoms with Crippen molar-refractivity contribution in [3.8, 4) is 0 Å². The van der Waals surface area contributed by atoms with Crippen molar-refractivity contribution in [1.29, 1.82) is 0 Å². The van der Waals surface area contributed by atoms with Crippen LogP contribution in [0, 0.1) is 0 Å². The van der Waals surface area contributed by atoms with Gasteiger partial charge in [-0.2, -0.15) is 0 Å². The van der Waals surface area contributed by atoms with Crippen molar-refractivity contribution in [2.45, 2.75) is 37.5 Å². The molecule has 23 heavy (non-hydrogen) atoms. The first-order valence-corrected chi connectivity index (χ1v) is 8.37. The molecule has 1 aromatic rings. The van der Waals surface area contributed by atoms with Crippen LogP contribution >= 0.6 is 0 Å². The van der Waals surface area contributed by atoms with Gasteiger partial charge in [0.05, 0.1) is 37.7 Å². The molecule has 0 bridgehead atoms. The van der Waals surface area contributed by atoms with E-state index in [-0.39, 0.29) is 24.2 Å². The SMILES string of the molecule is CN(C)CCOC[C@@H]1CC[C@@H]2[C@@H](CCN2C(=O)c2ccco2)O1. The summed E-state index contributed by atoms with van der Waals surface area (Å²) in [6, 6.07) is 3.64. The zero-order valence-corrected chi connectivity index (χ0v) is 13.9. The molecule has 0 spiro atoms. The van der Waals surface area contributed by atoms with E-state index in [2.05, 4.69) is 4.90 Å². The number of ether oxygens (including phenoxy) is 2. The average Bonchev–Trinajstić information content (AvgIpc) is 3.19. The van der Waals surface area contributed by atoms with Gasteiger partial charge in [0.2, 0.25) is 0 Å². The van der Waals surface area contributed by atoms with E-state index < -0.39 is 0 Å². The molecular formula is C17H26N2O4. The molecule has 0 N–H and O–H groups in total. The molecule has 1 aromatic heterocycles. The van der Waals surface area contributed by atoms with Gasteiger partial charge in [0.15, 0.2) is 5.76 Å². The van der Waals surface area contributed by atoms with Crippen LogP contribution in [0.2, 0.25) is 0 Å². The smallest absolute Gasteiger partial charge is 0.289 e. The van der Waals surface area contributed by atoms with E-state index in [1.807, 2.05) is 19.0 Å². The summed E-state index contributed by atoms with van der Waals surface area (Å²) in [6.45, 7) is 3.03. The molecule has 3 rings (SSSR count). The molecule has 2 saturated heterocycles. The number of carbonyl (C=O) groups excluding carboxylic acids is 1. The first-order valence-electron chi connectivity index (χ1n) is 8.37. The number of fused-ring (bicyclic) bond motifs is 1. The minimum Gasteiger partial charge on any atom is -0.459 e. The number of nitrogens with zero attached hydrogens (tertiary/aromatic N) is 2. The van der Waals surface area contributed by atoms with Gasteiger partial charge < -0.3 is 23.7 Å². The Morgan fingerprint density at radius 2 is 2.26 bits per heavy atom. The second-order valence-electron chi connectivity index (χ2n) is 6.58. The molecule has 0 radical (unpaired) electrons. The molecule has 6 nitrogen and oxygen atoms in total. The van der Waals surface area contributed by atoms with Gasteiger partial charge in [-0.05, 0) is 45.5 Å². The standard InChI is InChI=1S/C17H26N2O4/c1-18(2)9-11-21-12-13-5-6-14-15(23-13)7-8-19(14)17(20)16-4-3-10-22-16/h3-4,10,13-15H,5-9,11-12H2,1-2H3/t13-,14+,15+/m0/s1. The number of amides is 1. The van der Waals surface area contributed by atoms with Gasteiger partial charge in [-0.15, -0.1) is 0 Å². The molecule has 3 heterocycles. The van der Waals surface area contributed by atoms with Gasteiger partial charge in [0.25, 0.3) is 5.91 Å². The second-order valence-corrected chi connectivity index (χ2v) is 6.58. The molecule has 2 aliphatic heterocycles. The normalized spacial score (nSPS) is 27.4. The molecule has 6 heteroatoms. The molecule has 1 amide bonds. The molecule has 0 unspecified atom stereocenters. The first-order chi connectivity index (χ1) is 11.1. The van der Waals surface area contributed by atoms with Crippen LogP contribution in [0.15, 0.2) is 22.8 Å². The van der Waals surface area contributed by atoms with Crippen molar-refractivity contribution in [2.75, 3.05) is 40.4 Å². The highest BCUT2D eigenvalue weighted by Gasteiger charge is 2.42. The Balaban J connectivity index is 1.47. The number of hydrogen-bond acceptors (Lipinski definition) is 5. The van der Waals surface area contributed by atoms with Gasteiger partial charge in [-0.1, -0.05) is 0 Å². The Labute approximate surface area is 137 Å². The van der Waals surface area contributed by atoms with Gasteiger partial charge in [-0.25, -0.2) is 0 Å². The predicted molar refractivity (Wildman–Crippen MR) is 85.4 cm³/mol. The zero-order chi connectivity index (χ0) is 16.2. The molecular weight excluding hydrogens is 296 g/mol. The largest absolute Gasteiger partial charge is 0.459 e.